The summed E-state index contributed by atoms with van der Waals surface area (Å²) in [5, 5.41) is 1.93. The van der Waals surface area contributed by atoms with E-state index >= 15 is 0 Å². The summed E-state index contributed by atoms with van der Waals surface area (Å²) in [4.78, 5) is 19.4. The quantitative estimate of drug-likeness (QED) is 0.707. The number of anilines is 1. The highest BCUT2D eigenvalue weighted by Gasteiger charge is 2.13. The number of imidazole rings is 1. The monoisotopic (exact) mass is 312 g/mol. The summed E-state index contributed by atoms with van der Waals surface area (Å²) in [6.07, 6.45) is 2.98. The highest BCUT2D eigenvalue weighted by atomic mass is 35.5. The number of nitrogens with zero attached hydrogens (tertiary/aromatic N) is 4. The number of nitrogen functional groups attached to an aromatic ring is 1. The third-order valence-corrected chi connectivity index (χ3v) is 4.02. The molecule has 0 amide bonds. The maximum Gasteiger partial charge on any atom is 0.181 e. The minimum atomic E-state index is 0.225. The van der Waals surface area contributed by atoms with Gasteiger partial charge in [0.25, 0.3) is 0 Å². The second-order valence-corrected chi connectivity index (χ2v) is 5.32. The number of nitrogens with one attached hydrogen (secondary N) is 1. The van der Waals surface area contributed by atoms with Crippen LogP contribution < -0.4 is 5.73 Å². The summed E-state index contributed by atoms with van der Waals surface area (Å²) in [5.74, 6) is 0.225. The normalized spacial score (nSPS) is 11.1. The predicted octanol–water partition coefficient (Wildman–Crippen LogP) is 2.79. The number of nitrogens with two attached hydrogens (primary N) is 1. The summed E-state index contributed by atoms with van der Waals surface area (Å²) in [6.45, 7) is 0. The van der Waals surface area contributed by atoms with Gasteiger partial charge in [-0.3, -0.25) is 0 Å². The highest BCUT2D eigenvalue weighted by Crippen LogP contribution is 2.35. The molecule has 0 bridgehead atoms. The molecular weight excluding hydrogens is 307 g/mol. The molecule has 9 heteroatoms. The first-order valence-electron chi connectivity index (χ1n) is 5.08. The van der Waals surface area contributed by atoms with E-state index in [0.29, 0.717) is 25.7 Å². The molecule has 6 nitrogen and oxygen atoms in total. The first-order valence-corrected chi connectivity index (χ1v) is 6.66. The second-order valence-electron chi connectivity index (χ2n) is 3.52. The standard InChI is InChI=1S/C10H6Cl2N6S/c11-4-1-5(12)9(18-7(4)13)19-10-6-8(15-2-14-6)16-3-17-10/h1-3H,(H2,13,18)(H,14,15,16,17). The van der Waals surface area contributed by atoms with Crippen molar-refractivity contribution in [3.05, 3.63) is 28.8 Å². The topological polar surface area (TPSA) is 93.4 Å². The molecule has 3 aromatic rings. The van der Waals surface area contributed by atoms with Gasteiger partial charge >= 0.3 is 0 Å². The lowest BCUT2D eigenvalue weighted by Crippen LogP contribution is -1.94. The fourth-order valence-electron chi connectivity index (χ4n) is 1.45. The van der Waals surface area contributed by atoms with E-state index in [4.69, 9.17) is 28.9 Å². The zero-order valence-corrected chi connectivity index (χ0v) is 11.6. The minimum absolute atomic E-state index is 0.225. The summed E-state index contributed by atoms with van der Waals surface area (Å²) in [5.41, 5.74) is 6.97. The molecule has 19 heavy (non-hydrogen) atoms. The Kier molecular flexibility index (Phi) is 3.17. The SMILES string of the molecule is Nc1nc(Sc2ncnc3nc[nH]c23)c(Cl)cc1Cl. The third-order valence-electron chi connectivity index (χ3n) is 2.31. The van der Waals surface area contributed by atoms with Gasteiger partial charge in [0.15, 0.2) is 5.65 Å². The van der Waals surface area contributed by atoms with Crippen LogP contribution in [0.3, 0.4) is 0 Å². The van der Waals surface area contributed by atoms with E-state index in [1.807, 2.05) is 0 Å². The summed E-state index contributed by atoms with van der Waals surface area (Å²) >= 11 is 13.2. The molecule has 0 radical (unpaired) electrons. The van der Waals surface area contributed by atoms with Crippen LogP contribution in [0, 0.1) is 0 Å². The number of pyridine rings is 1. The van der Waals surface area contributed by atoms with Gasteiger partial charge in [0.05, 0.1) is 16.4 Å². The fourth-order valence-corrected chi connectivity index (χ4v) is 2.76. The average molecular weight is 313 g/mol. The molecule has 0 saturated carbocycles. The van der Waals surface area contributed by atoms with Gasteiger partial charge in [0.1, 0.15) is 27.7 Å². The predicted molar refractivity (Wildman–Crippen MR) is 74.5 cm³/mol. The van der Waals surface area contributed by atoms with Gasteiger partial charge in [0.2, 0.25) is 0 Å². The van der Waals surface area contributed by atoms with E-state index in [1.54, 1.807) is 12.4 Å². The Morgan fingerprint density at radius 3 is 2.79 bits per heavy atom. The second kappa shape index (κ2) is 4.84. The van der Waals surface area contributed by atoms with Crippen molar-refractivity contribution < 1.29 is 0 Å². The molecule has 0 unspecified atom stereocenters. The van der Waals surface area contributed by atoms with Crippen molar-refractivity contribution in [2.75, 3.05) is 5.73 Å². The molecule has 3 heterocycles. The number of H-pyrrole nitrogens is 1. The third kappa shape index (κ3) is 2.32. The van der Waals surface area contributed by atoms with Crippen LogP contribution in [0.15, 0.2) is 28.8 Å². The van der Waals surface area contributed by atoms with E-state index in [9.17, 15) is 0 Å². The molecule has 3 aromatic heterocycles. The van der Waals surface area contributed by atoms with Crippen LogP contribution in [-0.4, -0.2) is 24.9 Å². The summed E-state index contributed by atoms with van der Waals surface area (Å²) in [7, 11) is 0. The number of hydrogen-bond donors (Lipinski definition) is 2. The number of fused-ring (bicyclic) bond motifs is 1. The van der Waals surface area contributed by atoms with Crippen molar-refractivity contribution in [3.8, 4) is 0 Å². The molecule has 3 N–H and O–H groups in total. The van der Waals surface area contributed by atoms with Crippen LogP contribution in [-0.2, 0) is 0 Å². The average Bonchev–Trinajstić information content (AvgIpc) is 2.85. The van der Waals surface area contributed by atoms with Gasteiger partial charge in [-0.25, -0.2) is 19.9 Å². The van der Waals surface area contributed by atoms with Crippen LogP contribution >= 0.6 is 35.0 Å². The van der Waals surface area contributed by atoms with Gasteiger partial charge in [-0.15, -0.1) is 0 Å². The molecule has 0 atom stereocenters. The number of halogens is 2. The van der Waals surface area contributed by atoms with Crippen LogP contribution in [0.1, 0.15) is 0 Å². The molecule has 0 aliphatic rings. The lowest BCUT2D eigenvalue weighted by Gasteiger charge is -2.05. The molecule has 96 valence electrons. The van der Waals surface area contributed by atoms with Crippen LogP contribution in [0.2, 0.25) is 10.0 Å². The molecule has 0 fully saturated rings. The van der Waals surface area contributed by atoms with E-state index in [1.165, 1.54) is 18.1 Å². The largest absolute Gasteiger partial charge is 0.382 e. The maximum atomic E-state index is 6.08. The molecule has 0 aliphatic carbocycles. The Morgan fingerprint density at radius 2 is 1.95 bits per heavy atom. The Morgan fingerprint density at radius 1 is 1.11 bits per heavy atom. The molecule has 0 spiro atoms. The van der Waals surface area contributed by atoms with Crippen LogP contribution in [0.4, 0.5) is 5.82 Å². The maximum absolute atomic E-state index is 6.08. The number of aromatic amines is 1. The molecular formula is C10H6Cl2N6S. The van der Waals surface area contributed by atoms with Gasteiger partial charge in [0, 0.05) is 0 Å². The summed E-state index contributed by atoms with van der Waals surface area (Å²) in [6, 6.07) is 1.55. The van der Waals surface area contributed by atoms with Crippen molar-refractivity contribution in [1.29, 1.82) is 0 Å². The Balaban J connectivity index is 2.06. The van der Waals surface area contributed by atoms with E-state index in [0.717, 1.165) is 5.52 Å². The van der Waals surface area contributed by atoms with Crippen molar-refractivity contribution in [1.82, 2.24) is 24.9 Å². The lowest BCUT2D eigenvalue weighted by atomic mass is 10.5. The minimum Gasteiger partial charge on any atom is -0.382 e. The van der Waals surface area contributed by atoms with Gasteiger partial charge in [-0.2, -0.15) is 0 Å². The van der Waals surface area contributed by atoms with Crippen LogP contribution in [0.25, 0.3) is 11.2 Å². The van der Waals surface area contributed by atoms with Gasteiger partial charge in [-0.05, 0) is 17.8 Å². The highest BCUT2D eigenvalue weighted by molar-refractivity contribution is 7.99. The Hall–Kier alpha value is -1.57. The molecule has 3 rings (SSSR count). The molecule has 0 aromatic carbocycles. The number of aromatic nitrogens is 5. The van der Waals surface area contributed by atoms with Crippen molar-refractivity contribution in [2.45, 2.75) is 10.1 Å². The first-order chi connectivity index (χ1) is 9.15. The van der Waals surface area contributed by atoms with E-state index < -0.39 is 0 Å². The van der Waals surface area contributed by atoms with Gasteiger partial charge in [-0.1, -0.05) is 23.2 Å². The zero-order chi connectivity index (χ0) is 13.4. The van der Waals surface area contributed by atoms with Crippen molar-refractivity contribution in [3.63, 3.8) is 0 Å². The first kappa shape index (κ1) is 12.5. The number of rotatable bonds is 2. The summed E-state index contributed by atoms with van der Waals surface area (Å²) < 4.78 is 0. The molecule has 0 aliphatic heterocycles. The Labute approximate surface area is 121 Å². The number of hydrogen-bond acceptors (Lipinski definition) is 6. The van der Waals surface area contributed by atoms with E-state index in [-0.39, 0.29) is 5.82 Å². The van der Waals surface area contributed by atoms with E-state index in [2.05, 4.69) is 24.9 Å². The van der Waals surface area contributed by atoms with Gasteiger partial charge < -0.3 is 10.7 Å². The van der Waals surface area contributed by atoms with Crippen molar-refractivity contribution >= 4 is 51.9 Å². The van der Waals surface area contributed by atoms with Crippen molar-refractivity contribution in [2.24, 2.45) is 0 Å². The van der Waals surface area contributed by atoms with Crippen LogP contribution in [0.5, 0.6) is 0 Å². The fraction of sp³-hybridized carbons (Fsp3) is 0. The Bertz CT molecular complexity index is 759. The zero-order valence-electron chi connectivity index (χ0n) is 9.26. The lowest BCUT2D eigenvalue weighted by molar-refractivity contribution is 1.07. The molecule has 0 saturated heterocycles. The smallest absolute Gasteiger partial charge is 0.181 e.